The van der Waals surface area contributed by atoms with Gasteiger partial charge in [-0.15, -0.1) is 0 Å². The molecule has 0 aromatic heterocycles. The van der Waals surface area contributed by atoms with Gasteiger partial charge < -0.3 is 0 Å². The van der Waals surface area contributed by atoms with Crippen LogP contribution in [0.15, 0.2) is 24.3 Å². The van der Waals surface area contributed by atoms with Gasteiger partial charge in [-0.25, -0.2) is 4.31 Å². The van der Waals surface area contributed by atoms with Crippen LogP contribution in [-0.2, 0) is 10.2 Å². The monoisotopic (exact) mass is 265 g/mol. The molecule has 1 amide bonds. The highest BCUT2D eigenvalue weighted by molar-refractivity contribution is 7.91. The highest BCUT2D eigenvalue weighted by atomic mass is 32.2. The fraction of sp³-hybridized carbons (Fsp3) is 0.273. The number of fused-ring (bicyclic) bond motifs is 1. The van der Waals surface area contributed by atoms with Gasteiger partial charge in [-0.1, -0.05) is 12.1 Å². The standard InChI is InChI=1S/C11H11N3O3S/c1-8(2)14-11(15)9-5-3-4-6-10(9)13(7-12)18(14,16)17/h3-6,8H,1-2H3. The van der Waals surface area contributed by atoms with Crippen molar-refractivity contribution in [1.29, 1.82) is 5.26 Å². The molecule has 1 heterocycles. The Hall–Kier alpha value is -2.07. The average molecular weight is 265 g/mol. The predicted molar refractivity (Wildman–Crippen MR) is 64.8 cm³/mol. The van der Waals surface area contributed by atoms with Gasteiger partial charge in [0.05, 0.1) is 11.3 Å². The topological polar surface area (TPSA) is 81.5 Å². The van der Waals surface area contributed by atoms with Crippen LogP contribution in [0.3, 0.4) is 0 Å². The lowest BCUT2D eigenvalue weighted by atomic mass is 10.1. The average Bonchev–Trinajstić information content (AvgIpc) is 2.28. The van der Waals surface area contributed by atoms with Crippen molar-refractivity contribution in [3.05, 3.63) is 29.8 Å². The fourth-order valence-corrected chi connectivity index (χ4v) is 3.40. The van der Waals surface area contributed by atoms with E-state index in [-0.39, 0.29) is 11.3 Å². The molecule has 7 heteroatoms. The van der Waals surface area contributed by atoms with Gasteiger partial charge in [0.15, 0.2) is 0 Å². The first-order valence-electron chi connectivity index (χ1n) is 5.29. The predicted octanol–water partition coefficient (Wildman–Crippen LogP) is 1.08. The first-order valence-corrected chi connectivity index (χ1v) is 6.68. The van der Waals surface area contributed by atoms with Crippen LogP contribution in [0.1, 0.15) is 24.2 Å². The van der Waals surface area contributed by atoms with Crippen LogP contribution in [0.2, 0.25) is 0 Å². The van der Waals surface area contributed by atoms with E-state index in [0.717, 1.165) is 4.31 Å². The Morgan fingerprint density at radius 3 is 2.44 bits per heavy atom. The number of nitrogens with zero attached hydrogens (tertiary/aromatic N) is 3. The zero-order valence-corrected chi connectivity index (χ0v) is 10.7. The summed E-state index contributed by atoms with van der Waals surface area (Å²) in [6, 6.07) is 5.60. The SMILES string of the molecule is CC(C)N1C(=O)c2ccccc2N(C#N)S1(=O)=O. The minimum Gasteiger partial charge on any atom is -0.268 e. The summed E-state index contributed by atoms with van der Waals surface area (Å²) in [5, 5.41) is 9.02. The number of para-hydroxylation sites is 1. The number of anilines is 1. The highest BCUT2D eigenvalue weighted by Crippen LogP contribution is 2.32. The number of nitriles is 1. The van der Waals surface area contributed by atoms with Crippen molar-refractivity contribution >= 4 is 21.8 Å². The summed E-state index contributed by atoms with van der Waals surface area (Å²) in [5.41, 5.74) is 0.310. The summed E-state index contributed by atoms with van der Waals surface area (Å²) in [4.78, 5) is 12.1. The van der Waals surface area contributed by atoms with Gasteiger partial charge in [0.1, 0.15) is 0 Å². The molecule has 1 aliphatic heterocycles. The normalized spacial score (nSPS) is 17.6. The number of benzene rings is 1. The lowest BCUT2D eigenvalue weighted by molar-refractivity contribution is 0.0832. The Bertz CT molecular complexity index is 646. The van der Waals surface area contributed by atoms with Crippen LogP contribution in [0, 0.1) is 11.5 Å². The number of hydrogen-bond acceptors (Lipinski definition) is 4. The molecule has 0 fully saturated rings. The molecule has 2 rings (SSSR count). The van der Waals surface area contributed by atoms with Gasteiger partial charge in [-0.2, -0.15) is 18.0 Å². The van der Waals surface area contributed by atoms with Crippen molar-refractivity contribution < 1.29 is 13.2 Å². The summed E-state index contributed by atoms with van der Waals surface area (Å²) in [7, 11) is -4.12. The quantitative estimate of drug-likeness (QED) is 0.711. The van der Waals surface area contributed by atoms with Crippen LogP contribution < -0.4 is 4.31 Å². The second kappa shape index (κ2) is 3.99. The minimum absolute atomic E-state index is 0.0990. The van der Waals surface area contributed by atoms with E-state index >= 15 is 0 Å². The summed E-state index contributed by atoms with van der Waals surface area (Å²) < 4.78 is 25.6. The van der Waals surface area contributed by atoms with E-state index in [1.165, 1.54) is 12.1 Å². The molecule has 94 valence electrons. The number of hydrogen-bond donors (Lipinski definition) is 0. The van der Waals surface area contributed by atoms with E-state index in [9.17, 15) is 13.2 Å². The maximum absolute atomic E-state index is 12.2. The van der Waals surface area contributed by atoms with Crippen LogP contribution in [0.25, 0.3) is 0 Å². The van der Waals surface area contributed by atoms with Gasteiger partial charge in [0.2, 0.25) is 6.19 Å². The van der Waals surface area contributed by atoms with Crippen LogP contribution in [-0.4, -0.2) is 24.7 Å². The summed E-state index contributed by atoms with van der Waals surface area (Å²) in [6.07, 6.45) is 1.61. The van der Waals surface area contributed by atoms with Crippen molar-refractivity contribution in [2.24, 2.45) is 0 Å². The Balaban J connectivity index is 2.76. The maximum Gasteiger partial charge on any atom is 0.341 e. The van der Waals surface area contributed by atoms with E-state index < -0.39 is 22.2 Å². The third kappa shape index (κ3) is 1.54. The first kappa shape index (κ1) is 12.4. The van der Waals surface area contributed by atoms with E-state index in [0.29, 0.717) is 4.31 Å². The summed E-state index contributed by atoms with van der Waals surface area (Å²) in [5.74, 6) is -0.605. The zero-order valence-electron chi connectivity index (χ0n) is 9.86. The Morgan fingerprint density at radius 2 is 1.89 bits per heavy atom. The molecule has 18 heavy (non-hydrogen) atoms. The van der Waals surface area contributed by atoms with Crippen LogP contribution >= 0.6 is 0 Å². The molecule has 0 N–H and O–H groups in total. The van der Waals surface area contributed by atoms with Crippen LogP contribution in [0.4, 0.5) is 5.69 Å². The van der Waals surface area contributed by atoms with E-state index in [2.05, 4.69) is 0 Å². The van der Waals surface area contributed by atoms with Crippen molar-refractivity contribution in [1.82, 2.24) is 4.31 Å². The van der Waals surface area contributed by atoms with E-state index in [4.69, 9.17) is 5.26 Å². The van der Waals surface area contributed by atoms with Gasteiger partial charge in [0, 0.05) is 6.04 Å². The van der Waals surface area contributed by atoms with Crippen molar-refractivity contribution in [3.8, 4) is 6.19 Å². The molecule has 0 saturated carbocycles. The molecular weight excluding hydrogens is 254 g/mol. The van der Waals surface area contributed by atoms with Gasteiger partial charge in [-0.3, -0.25) is 4.79 Å². The fourth-order valence-electron chi connectivity index (χ4n) is 1.87. The lowest BCUT2D eigenvalue weighted by Gasteiger charge is -2.34. The van der Waals surface area contributed by atoms with Crippen molar-refractivity contribution in [2.75, 3.05) is 4.31 Å². The Morgan fingerprint density at radius 1 is 1.28 bits per heavy atom. The van der Waals surface area contributed by atoms with Gasteiger partial charge in [0.25, 0.3) is 5.91 Å². The molecule has 1 aromatic carbocycles. The van der Waals surface area contributed by atoms with Crippen molar-refractivity contribution in [2.45, 2.75) is 19.9 Å². The highest BCUT2D eigenvalue weighted by Gasteiger charge is 2.43. The molecule has 1 aliphatic rings. The number of amides is 1. The third-order valence-electron chi connectivity index (χ3n) is 2.59. The number of carbonyl (C=O) groups is 1. The summed E-state index contributed by atoms with van der Waals surface area (Å²) >= 11 is 0. The lowest BCUT2D eigenvalue weighted by Crippen LogP contribution is -2.52. The van der Waals surface area contributed by atoms with E-state index in [1.54, 1.807) is 32.2 Å². The summed E-state index contributed by atoms with van der Waals surface area (Å²) in [6.45, 7) is 3.16. The maximum atomic E-state index is 12.2. The van der Waals surface area contributed by atoms with Gasteiger partial charge in [-0.05, 0) is 26.0 Å². The smallest absolute Gasteiger partial charge is 0.268 e. The third-order valence-corrected chi connectivity index (χ3v) is 4.42. The first-order chi connectivity index (χ1) is 8.41. The molecule has 6 nitrogen and oxygen atoms in total. The molecule has 0 saturated heterocycles. The second-order valence-electron chi connectivity index (χ2n) is 4.08. The second-order valence-corrected chi connectivity index (χ2v) is 5.74. The number of rotatable bonds is 1. The van der Waals surface area contributed by atoms with Crippen LogP contribution in [0.5, 0.6) is 0 Å². The molecular formula is C11H11N3O3S. The largest absolute Gasteiger partial charge is 0.341 e. The molecule has 1 aromatic rings. The molecule has 0 spiro atoms. The number of carbonyl (C=O) groups excluding carboxylic acids is 1. The Labute approximate surface area is 105 Å². The molecule has 0 radical (unpaired) electrons. The zero-order chi connectivity index (χ0) is 13.5. The van der Waals surface area contributed by atoms with Crippen molar-refractivity contribution in [3.63, 3.8) is 0 Å². The van der Waals surface area contributed by atoms with Gasteiger partial charge >= 0.3 is 10.2 Å². The Kier molecular flexibility index (Phi) is 2.75. The molecule has 0 unspecified atom stereocenters. The minimum atomic E-state index is -4.12. The van der Waals surface area contributed by atoms with E-state index in [1.807, 2.05) is 0 Å². The molecule has 0 aliphatic carbocycles. The molecule has 0 atom stereocenters. The molecule has 0 bridgehead atoms.